The predicted octanol–water partition coefficient (Wildman–Crippen LogP) is 3.52. The molecule has 1 aliphatic heterocycles. The van der Waals surface area contributed by atoms with Crippen LogP contribution in [0.1, 0.15) is 23.6 Å². The maximum atomic E-state index is 12.6. The summed E-state index contributed by atoms with van der Waals surface area (Å²) in [5, 5.41) is 3.12. The SMILES string of the molecule is CCOc1ccc(NC2=C(c3ccc(C)c(C)c3)C(=O)N(C)C2=O)cc1. The zero-order valence-corrected chi connectivity index (χ0v) is 15.4. The Balaban J connectivity index is 2.01. The number of hydrogen-bond donors (Lipinski definition) is 1. The molecule has 0 bridgehead atoms. The summed E-state index contributed by atoms with van der Waals surface area (Å²) in [6, 6.07) is 13.1. The number of aryl methyl sites for hydroxylation is 2. The van der Waals surface area contributed by atoms with E-state index < -0.39 is 0 Å². The topological polar surface area (TPSA) is 58.6 Å². The Hall–Kier alpha value is -3.08. The van der Waals surface area contributed by atoms with Crippen LogP contribution in [0.15, 0.2) is 48.2 Å². The molecule has 134 valence electrons. The Labute approximate surface area is 153 Å². The molecule has 26 heavy (non-hydrogen) atoms. The molecule has 0 atom stereocenters. The largest absolute Gasteiger partial charge is 0.494 e. The van der Waals surface area contributed by atoms with Gasteiger partial charge in [-0.05, 0) is 61.7 Å². The summed E-state index contributed by atoms with van der Waals surface area (Å²) in [5.74, 6) is 0.121. The van der Waals surface area contributed by atoms with Crippen molar-refractivity contribution in [3.63, 3.8) is 0 Å². The Kier molecular flexibility index (Phi) is 4.80. The zero-order valence-electron chi connectivity index (χ0n) is 15.4. The number of carbonyl (C=O) groups is 2. The molecule has 5 heteroatoms. The number of benzene rings is 2. The van der Waals surface area contributed by atoms with E-state index in [1.807, 2.05) is 63.2 Å². The minimum absolute atomic E-state index is 0.296. The van der Waals surface area contributed by atoms with E-state index >= 15 is 0 Å². The molecule has 2 amide bonds. The van der Waals surface area contributed by atoms with E-state index in [1.165, 1.54) is 7.05 Å². The smallest absolute Gasteiger partial charge is 0.277 e. The van der Waals surface area contributed by atoms with Gasteiger partial charge in [0.05, 0.1) is 12.2 Å². The van der Waals surface area contributed by atoms with Crippen molar-refractivity contribution in [2.24, 2.45) is 0 Å². The highest BCUT2D eigenvalue weighted by molar-refractivity contribution is 6.36. The van der Waals surface area contributed by atoms with E-state index in [2.05, 4.69) is 5.32 Å². The summed E-state index contributed by atoms with van der Waals surface area (Å²) < 4.78 is 5.43. The Morgan fingerprint density at radius 1 is 0.962 bits per heavy atom. The first-order chi connectivity index (χ1) is 12.4. The van der Waals surface area contributed by atoms with Crippen molar-refractivity contribution in [3.8, 4) is 5.75 Å². The van der Waals surface area contributed by atoms with Crippen molar-refractivity contribution >= 4 is 23.1 Å². The number of ether oxygens (including phenoxy) is 1. The van der Waals surface area contributed by atoms with Crippen molar-refractivity contribution in [2.75, 3.05) is 19.0 Å². The lowest BCUT2D eigenvalue weighted by Crippen LogP contribution is -2.27. The quantitative estimate of drug-likeness (QED) is 0.838. The maximum Gasteiger partial charge on any atom is 0.277 e. The predicted molar refractivity (Wildman–Crippen MR) is 102 cm³/mol. The lowest BCUT2D eigenvalue weighted by molar-refractivity contribution is -0.135. The second kappa shape index (κ2) is 7.04. The second-order valence-corrected chi connectivity index (χ2v) is 6.30. The fourth-order valence-electron chi connectivity index (χ4n) is 2.87. The van der Waals surface area contributed by atoms with E-state index in [0.29, 0.717) is 17.9 Å². The van der Waals surface area contributed by atoms with Crippen LogP contribution < -0.4 is 10.1 Å². The van der Waals surface area contributed by atoms with Gasteiger partial charge in [0.2, 0.25) is 0 Å². The first-order valence-corrected chi connectivity index (χ1v) is 8.56. The Bertz CT molecular complexity index is 898. The van der Waals surface area contributed by atoms with Gasteiger partial charge in [-0.2, -0.15) is 0 Å². The molecule has 0 spiro atoms. The third kappa shape index (κ3) is 3.20. The number of rotatable bonds is 5. The molecule has 2 aromatic carbocycles. The Morgan fingerprint density at radius 3 is 2.27 bits per heavy atom. The maximum absolute atomic E-state index is 12.6. The third-order valence-electron chi connectivity index (χ3n) is 4.52. The molecule has 1 aliphatic rings. The normalized spacial score (nSPS) is 14.2. The van der Waals surface area contributed by atoms with Crippen LogP contribution in [0, 0.1) is 13.8 Å². The summed E-state index contributed by atoms with van der Waals surface area (Å²) in [4.78, 5) is 26.4. The van der Waals surface area contributed by atoms with Gasteiger partial charge in [0.25, 0.3) is 11.8 Å². The fraction of sp³-hybridized carbons (Fsp3) is 0.238. The number of hydrogen-bond acceptors (Lipinski definition) is 4. The van der Waals surface area contributed by atoms with Crippen molar-refractivity contribution in [3.05, 3.63) is 64.9 Å². The number of imide groups is 1. The lowest BCUT2D eigenvalue weighted by atomic mass is 9.99. The zero-order chi connectivity index (χ0) is 18.8. The van der Waals surface area contributed by atoms with Gasteiger partial charge in [-0.15, -0.1) is 0 Å². The highest BCUT2D eigenvalue weighted by Gasteiger charge is 2.36. The molecule has 3 rings (SSSR count). The molecule has 0 aliphatic carbocycles. The summed E-state index contributed by atoms with van der Waals surface area (Å²) in [6.07, 6.45) is 0. The van der Waals surface area contributed by atoms with Crippen molar-refractivity contribution in [1.82, 2.24) is 4.90 Å². The van der Waals surface area contributed by atoms with Gasteiger partial charge in [-0.25, -0.2) is 0 Å². The van der Waals surface area contributed by atoms with Crippen molar-refractivity contribution in [1.29, 1.82) is 0 Å². The lowest BCUT2D eigenvalue weighted by Gasteiger charge is -2.10. The van der Waals surface area contributed by atoms with Crippen LogP contribution in [-0.4, -0.2) is 30.4 Å². The first-order valence-electron chi connectivity index (χ1n) is 8.56. The fourth-order valence-corrected chi connectivity index (χ4v) is 2.87. The minimum atomic E-state index is -0.336. The minimum Gasteiger partial charge on any atom is -0.494 e. The molecule has 0 aromatic heterocycles. The number of anilines is 1. The number of likely N-dealkylation sites (N-methyl/N-ethyl adjacent to an activating group) is 1. The van der Waals surface area contributed by atoms with E-state index in [4.69, 9.17) is 4.74 Å². The summed E-state index contributed by atoms with van der Waals surface area (Å²) in [6.45, 7) is 6.52. The summed E-state index contributed by atoms with van der Waals surface area (Å²) >= 11 is 0. The van der Waals surface area contributed by atoms with Gasteiger partial charge in [0.1, 0.15) is 11.4 Å². The second-order valence-electron chi connectivity index (χ2n) is 6.30. The molecule has 0 saturated heterocycles. The van der Waals surface area contributed by atoms with Gasteiger partial charge >= 0.3 is 0 Å². The molecule has 0 unspecified atom stereocenters. The van der Waals surface area contributed by atoms with E-state index in [1.54, 1.807) is 0 Å². The average molecular weight is 350 g/mol. The van der Waals surface area contributed by atoms with E-state index in [-0.39, 0.29) is 11.8 Å². The monoisotopic (exact) mass is 350 g/mol. The molecule has 1 heterocycles. The molecular weight excluding hydrogens is 328 g/mol. The number of carbonyl (C=O) groups excluding carboxylic acids is 2. The molecule has 0 saturated carbocycles. The van der Waals surface area contributed by atoms with E-state index in [9.17, 15) is 9.59 Å². The standard InChI is InChI=1S/C21H22N2O3/c1-5-26-17-10-8-16(9-11-17)22-19-18(20(24)23(4)21(19)25)15-7-6-13(2)14(3)12-15/h6-12,22H,5H2,1-4H3. The first kappa shape index (κ1) is 17.7. The van der Waals surface area contributed by atoms with Crippen LogP contribution in [0.25, 0.3) is 5.57 Å². The van der Waals surface area contributed by atoms with Crippen LogP contribution in [0.4, 0.5) is 5.69 Å². The van der Waals surface area contributed by atoms with Crippen LogP contribution >= 0.6 is 0 Å². The molecular formula is C21H22N2O3. The average Bonchev–Trinajstić information content (AvgIpc) is 2.83. The number of nitrogens with one attached hydrogen (secondary N) is 1. The van der Waals surface area contributed by atoms with Crippen LogP contribution in [0.5, 0.6) is 5.75 Å². The summed E-state index contributed by atoms with van der Waals surface area (Å²) in [5.41, 5.74) is 4.37. The Morgan fingerprint density at radius 2 is 1.65 bits per heavy atom. The van der Waals surface area contributed by atoms with Gasteiger partial charge in [0, 0.05) is 12.7 Å². The van der Waals surface area contributed by atoms with Gasteiger partial charge in [-0.3, -0.25) is 14.5 Å². The molecule has 5 nitrogen and oxygen atoms in total. The molecule has 0 radical (unpaired) electrons. The van der Waals surface area contributed by atoms with E-state index in [0.717, 1.165) is 33.0 Å². The summed E-state index contributed by atoms with van der Waals surface area (Å²) in [7, 11) is 1.50. The highest BCUT2D eigenvalue weighted by atomic mass is 16.5. The van der Waals surface area contributed by atoms with Gasteiger partial charge in [-0.1, -0.05) is 18.2 Å². The van der Waals surface area contributed by atoms with Crippen LogP contribution in [-0.2, 0) is 9.59 Å². The molecule has 2 aromatic rings. The van der Waals surface area contributed by atoms with Gasteiger partial charge < -0.3 is 10.1 Å². The molecule has 1 N–H and O–H groups in total. The highest BCUT2D eigenvalue weighted by Crippen LogP contribution is 2.31. The van der Waals surface area contributed by atoms with Crippen LogP contribution in [0.3, 0.4) is 0 Å². The number of nitrogens with zero attached hydrogens (tertiary/aromatic N) is 1. The third-order valence-corrected chi connectivity index (χ3v) is 4.52. The van der Waals surface area contributed by atoms with Crippen molar-refractivity contribution < 1.29 is 14.3 Å². The number of amides is 2. The van der Waals surface area contributed by atoms with Crippen LogP contribution in [0.2, 0.25) is 0 Å². The van der Waals surface area contributed by atoms with Crippen molar-refractivity contribution in [2.45, 2.75) is 20.8 Å². The van der Waals surface area contributed by atoms with Gasteiger partial charge in [0.15, 0.2) is 0 Å². The molecule has 0 fully saturated rings.